The molecule has 0 saturated carbocycles. The second kappa shape index (κ2) is 6.50. The van der Waals surface area contributed by atoms with Crippen LogP contribution in [0.4, 0.5) is 4.79 Å². The SMILES string of the molecule is CC(C)CN(CC(=O)O)C(=O)N1CCSC(C)(C)C1. The van der Waals surface area contributed by atoms with Gasteiger partial charge in [0.15, 0.2) is 0 Å². The number of amides is 2. The standard InChI is InChI=1S/C13H24N2O3S/c1-10(2)7-15(8-11(16)17)12(18)14-5-6-19-13(3,4)9-14/h10H,5-9H2,1-4H3,(H,16,17). The summed E-state index contributed by atoms with van der Waals surface area (Å²) in [5.41, 5.74) is 0. The maximum absolute atomic E-state index is 12.4. The molecule has 0 aromatic heterocycles. The summed E-state index contributed by atoms with van der Waals surface area (Å²) >= 11 is 1.85. The van der Waals surface area contributed by atoms with Gasteiger partial charge in [0.05, 0.1) is 0 Å². The molecule has 0 aliphatic carbocycles. The van der Waals surface area contributed by atoms with E-state index in [1.54, 1.807) is 4.90 Å². The monoisotopic (exact) mass is 288 g/mol. The largest absolute Gasteiger partial charge is 0.480 e. The average Bonchev–Trinajstić information content (AvgIpc) is 2.24. The van der Waals surface area contributed by atoms with Gasteiger partial charge < -0.3 is 14.9 Å². The number of hydrogen-bond donors (Lipinski definition) is 1. The molecule has 19 heavy (non-hydrogen) atoms. The zero-order valence-corrected chi connectivity index (χ0v) is 13.0. The summed E-state index contributed by atoms with van der Waals surface area (Å²) in [7, 11) is 0. The highest BCUT2D eigenvalue weighted by molar-refractivity contribution is 8.00. The Labute approximate surface area is 119 Å². The van der Waals surface area contributed by atoms with E-state index in [1.807, 2.05) is 25.6 Å². The van der Waals surface area contributed by atoms with Crippen LogP contribution < -0.4 is 0 Å². The van der Waals surface area contributed by atoms with Crippen molar-refractivity contribution in [1.29, 1.82) is 0 Å². The lowest BCUT2D eigenvalue weighted by Crippen LogP contribution is -2.53. The van der Waals surface area contributed by atoms with Gasteiger partial charge in [0.1, 0.15) is 6.54 Å². The molecule has 1 heterocycles. The first-order valence-corrected chi connectivity index (χ1v) is 7.59. The molecule has 2 amide bonds. The van der Waals surface area contributed by atoms with Crippen LogP contribution in [0.2, 0.25) is 0 Å². The number of aliphatic carboxylic acids is 1. The molecule has 0 unspecified atom stereocenters. The molecule has 1 saturated heterocycles. The minimum atomic E-state index is -0.959. The first-order chi connectivity index (χ1) is 8.71. The van der Waals surface area contributed by atoms with E-state index in [4.69, 9.17) is 5.11 Å². The third-order valence-corrected chi connectivity index (χ3v) is 4.18. The van der Waals surface area contributed by atoms with Crippen LogP contribution in [-0.4, -0.2) is 63.6 Å². The molecule has 0 aromatic rings. The van der Waals surface area contributed by atoms with E-state index in [-0.39, 0.29) is 23.2 Å². The minimum absolute atomic E-state index is 0.0423. The van der Waals surface area contributed by atoms with Crippen molar-refractivity contribution in [2.24, 2.45) is 5.92 Å². The summed E-state index contributed by atoms with van der Waals surface area (Å²) in [4.78, 5) is 26.5. The molecule has 1 aliphatic heterocycles. The predicted octanol–water partition coefficient (Wildman–Crippen LogP) is 1.98. The Morgan fingerprint density at radius 3 is 2.53 bits per heavy atom. The zero-order chi connectivity index (χ0) is 14.6. The fourth-order valence-electron chi connectivity index (χ4n) is 2.19. The van der Waals surface area contributed by atoms with Crippen molar-refractivity contribution in [1.82, 2.24) is 9.80 Å². The Balaban J connectivity index is 2.72. The fourth-order valence-corrected chi connectivity index (χ4v) is 3.31. The van der Waals surface area contributed by atoms with Crippen LogP contribution in [0, 0.1) is 5.92 Å². The highest BCUT2D eigenvalue weighted by Crippen LogP contribution is 2.29. The highest BCUT2D eigenvalue weighted by Gasteiger charge is 2.32. The molecular formula is C13H24N2O3S. The summed E-state index contributed by atoms with van der Waals surface area (Å²) < 4.78 is 0.0423. The molecule has 1 N–H and O–H groups in total. The van der Waals surface area contributed by atoms with E-state index in [9.17, 15) is 9.59 Å². The van der Waals surface area contributed by atoms with Crippen molar-refractivity contribution in [3.63, 3.8) is 0 Å². The van der Waals surface area contributed by atoms with Crippen LogP contribution in [0.1, 0.15) is 27.7 Å². The third kappa shape index (κ3) is 5.30. The summed E-state index contributed by atoms with van der Waals surface area (Å²) in [5.74, 6) is 0.205. The number of thioether (sulfide) groups is 1. The van der Waals surface area contributed by atoms with Gasteiger partial charge in [0.2, 0.25) is 0 Å². The van der Waals surface area contributed by atoms with Gasteiger partial charge in [-0.2, -0.15) is 11.8 Å². The lowest BCUT2D eigenvalue weighted by atomic mass is 10.2. The van der Waals surface area contributed by atoms with E-state index in [1.165, 1.54) is 4.90 Å². The van der Waals surface area contributed by atoms with Gasteiger partial charge in [0.25, 0.3) is 0 Å². The van der Waals surface area contributed by atoms with Gasteiger partial charge in [-0.1, -0.05) is 13.8 Å². The Hall–Kier alpha value is -0.910. The fraction of sp³-hybridized carbons (Fsp3) is 0.846. The minimum Gasteiger partial charge on any atom is -0.480 e. The first kappa shape index (κ1) is 16.1. The maximum Gasteiger partial charge on any atom is 0.323 e. The van der Waals surface area contributed by atoms with Crippen LogP contribution in [-0.2, 0) is 4.79 Å². The number of carboxylic acid groups (broad SMARTS) is 1. The van der Waals surface area contributed by atoms with Crippen LogP contribution in [0.15, 0.2) is 0 Å². The van der Waals surface area contributed by atoms with Crippen LogP contribution in [0.5, 0.6) is 0 Å². The number of nitrogens with zero attached hydrogens (tertiary/aromatic N) is 2. The molecule has 1 aliphatic rings. The summed E-state index contributed by atoms with van der Waals surface area (Å²) in [5, 5.41) is 8.93. The topological polar surface area (TPSA) is 60.9 Å². The number of carbonyl (C=O) groups excluding carboxylic acids is 1. The molecule has 0 atom stereocenters. The number of rotatable bonds is 4. The number of carbonyl (C=O) groups is 2. The van der Waals surface area contributed by atoms with Crippen molar-refractivity contribution in [3.05, 3.63) is 0 Å². The second-order valence-electron chi connectivity index (χ2n) is 5.98. The van der Waals surface area contributed by atoms with E-state index in [2.05, 4.69) is 13.8 Å². The van der Waals surface area contributed by atoms with E-state index in [0.717, 1.165) is 5.75 Å². The van der Waals surface area contributed by atoms with Gasteiger partial charge in [-0.3, -0.25) is 4.79 Å². The van der Waals surface area contributed by atoms with E-state index in [0.29, 0.717) is 19.6 Å². The molecule has 0 radical (unpaired) electrons. The van der Waals surface area contributed by atoms with Gasteiger partial charge >= 0.3 is 12.0 Å². The summed E-state index contributed by atoms with van der Waals surface area (Å²) in [6.07, 6.45) is 0. The first-order valence-electron chi connectivity index (χ1n) is 6.61. The van der Waals surface area contributed by atoms with Crippen molar-refractivity contribution in [3.8, 4) is 0 Å². The van der Waals surface area contributed by atoms with Gasteiger partial charge in [-0.05, 0) is 19.8 Å². The predicted molar refractivity (Wildman–Crippen MR) is 77.6 cm³/mol. The van der Waals surface area contributed by atoms with Crippen molar-refractivity contribution in [2.75, 3.05) is 31.9 Å². The second-order valence-corrected chi connectivity index (χ2v) is 7.78. The quantitative estimate of drug-likeness (QED) is 0.859. The molecule has 110 valence electrons. The van der Waals surface area contributed by atoms with Gasteiger partial charge in [-0.25, -0.2) is 4.79 Å². The average molecular weight is 288 g/mol. The number of urea groups is 1. The van der Waals surface area contributed by atoms with Crippen molar-refractivity contribution < 1.29 is 14.7 Å². The molecule has 1 fully saturated rings. The van der Waals surface area contributed by atoms with Gasteiger partial charge in [0, 0.05) is 30.1 Å². The summed E-state index contributed by atoms with van der Waals surface area (Å²) in [6.45, 7) is 9.82. The molecule has 0 aromatic carbocycles. The van der Waals surface area contributed by atoms with Crippen LogP contribution >= 0.6 is 11.8 Å². The molecular weight excluding hydrogens is 264 g/mol. The maximum atomic E-state index is 12.4. The Kier molecular flexibility index (Phi) is 5.52. The zero-order valence-electron chi connectivity index (χ0n) is 12.2. The smallest absolute Gasteiger partial charge is 0.323 e. The lowest BCUT2D eigenvalue weighted by molar-refractivity contribution is -0.137. The highest BCUT2D eigenvalue weighted by atomic mass is 32.2. The molecule has 0 spiro atoms. The molecule has 5 nitrogen and oxygen atoms in total. The normalized spacial score (nSPS) is 18.5. The molecule has 0 bridgehead atoms. The summed E-state index contributed by atoms with van der Waals surface area (Å²) in [6, 6.07) is -0.149. The third-order valence-electron chi connectivity index (χ3n) is 2.88. The van der Waals surface area contributed by atoms with E-state index >= 15 is 0 Å². The Bertz CT molecular complexity index is 345. The number of hydrogen-bond acceptors (Lipinski definition) is 3. The van der Waals surface area contributed by atoms with E-state index < -0.39 is 5.97 Å². The molecule has 1 rings (SSSR count). The van der Waals surface area contributed by atoms with Crippen molar-refractivity contribution in [2.45, 2.75) is 32.4 Å². The molecule has 6 heteroatoms. The van der Waals surface area contributed by atoms with Gasteiger partial charge in [-0.15, -0.1) is 0 Å². The lowest BCUT2D eigenvalue weighted by Gasteiger charge is -2.40. The van der Waals surface area contributed by atoms with Crippen molar-refractivity contribution >= 4 is 23.8 Å². The van der Waals surface area contributed by atoms with Crippen LogP contribution in [0.3, 0.4) is 0 Å². The Morgan fingerprint density at radius 2 is 2.05 bits per heavy atom. The Morgan fingerprint density at radius 1 is 1.42 bits per heavy atom. The number of carboxylic acids is 1. The van der Waals surface area contributed by atoms with Crippen LogP contribution in [0.25, 0.3) is 0 Å².